The van der Waals surface area contributed by atoms with Gasteiger partial charge >= 0.3 is 0 Å². The second kappa shape index (κ2) is 7.07. The van der Waals surface area contributed by atoms with Crippen molar-refractivity contribution < 1.29 is 4.84 Å². The van der Waals surface area contributed by atoms with Gasteiger partial charge in [-0.05, 0) is 30.0 Å². The topological polar surface area (TPSA) is 21.3 Å². The SMILES string of the molecule is CCc1ccc(C(C)NOCc2ccccc2)cc1. The van der Waals surface area contributed by atoms with Crippen LogP contribution < -0.4 is 5.48 Å². The number of hydrogen-bond donors (Lipinski definition) is 1. The molecule has 0 saturated carbocycles. The molecule has 0 amide bonds. The fourth-order valence-electron chi connectivity index (χ4n) is 1.93. The highest BCUT2D eigenvalue weighted by molar-refractivity contribution is 5.24. The minimum Gasteiger partial charge on any atom is -0.296 e. The number of rotatable bonds is 6. The van der Waals surface area contributed by atoms with Gasteiger partial charge in [0.05, 0.1) is 12.6 Å². The van der Waals surface area contributed by atoms with Gasteiger partial charge < -0.3 is 0 Å². The Morgan fingerprint density at radius 1 is 0.947 bits per heavy atom. The van der Waals surface area contributed by atoms with E-state index < -0.39 is 0 Å². The van der Waals surface area contributed by atoms with Crippen LogP contribution in [0.25, 0.3) is 0 Å². The number of benzene rings is 2. The molecule has 0 bridgehead atoms. The van der Waals surface area contributed by atoms with Gasteiger partial charge in [0.2, 0.25) is 0 Å². The molecule has 0 radical (unpaired) electrons. The second-order valence-electron chi connectivity index (χ2n) is 4.71. The third-order valence-electron chi connectivity index (χ3n) is 3.23. The number of aryl methyl sites for hydroxylation is 1. The van der Waals surface area contributed by atoms with Gasteiger partial charge in [0.15, 0.2) is 0 Å². The monoisotopic (exact) mass is 255 g/mol. The summed E-state index contributed by atoms with van der Waals surface area (Å²) in [5.41, 5.74) is 6.86. The van der Waals surface area contributed by atoms with E-state index in [4.69, 9.17) is 4.84 Å². The first-order chi connectivity index (χ1) is 9.29. The molecule has 2 aromatic carbocycles. The predicted octanol–water partition coefficient (Wildman–Crippen LogP) is 4.03. The Balaban J connectivity index is 1.82. The molecule has 1 N–H and O–H groups in total. The summed E-state index contributed by atoms with van der Waals surface area (Å²) in [4.78, 5) is 5.54. The Morgan fingerprint density at radius 3 is 2.26 bits per heavy atom. The van der Waals surface area contributed by atoms with Crippen molar-refractivity contribution in [1.82, 2.24) is 5.48 Å². The van der Waals surface area contributed by atoms with Crippen LogP contribution in [-0.2, 0) is 17.9 Å². The maximum atomic E-state index is 5.54. The molecule has 1 unspecified atom stereocenters. The summed E-state index contributed by atoms with van der Waals surface area (Å²) in [7, 11) is 0. The van der Waals surface area contributed by atoms with Crippen LogP contribution in [0.5, 0.6) is 0 Å². The highest BCUT2D eigenvalue weighted by Crippen LogP contribution is 2.14. The smallest absolute Gasteiger partial charge is 0.0933 e. The first-order valence-electron chi connectivity index (χ1n) is 6.79. The van der Waals surface area contributed by atoms with Crippen LogP contribution in [-0.4, -0.2) is 0 Å². The van der Waals surface area contributed by atoms with Crippen LogP contribution in [0.1, 0.15) is 36.6 Å². The van der Waals surface area contributed by atoms with E-state index in [2.05, 4.69) is 55.7 Å². The normalized spacial score (nSPS) is 12.3. The van der Waals surface area contributed by atoms with E-state index in [0.29, 0.717) is 6.61 Å². The van der Waals surface area contributed by atoms with E-state index in [1.807, 2.05) is 18.2 Å². The van der Waals surface area contributed by atoms with E-state index in [0.717, 1.165) is 6.42 Å². The Bertz CT molecular complexity index is 478. The summed E-state index contributed by atoms with van der Waals surface area (Å²) < 4.78 is 0. The molecule has 2 aromatic rings. The van der Waals surface area contributed by atoms with Gasteiger partial charge in [-0.1, -0.05) is 61.5 Å². The molecule has 2 rings (SSSR count). The van der Waals surface area contributed by atoms with Crippen LogP contribution in [0.3, 0.4) is 0 Å². The molecule has 0 aromatic heterocycles. The third kappa shape index (κ3) is 4.19. The molecule has 0 fully saturated rings. The molecular weight excluding hydrogens is 234 g/mol. The lowest BCUT2D eigenvalue weighted by atomic mass is 10.1. The van der Waals surface area contributed by atoms with Gasteiger partial charge in [-0.15, -0.1) is 0 Å². The van der Waals surface area contributed by atoms with Crippen LogP contribution in [0, 0.1) is 0 Å². The zero-order chi connectivity index (χ0) is 13.5. The van der Waals surface area contributed by atoms with Gasteiger partial charge in [0.25, 0.3) is 0 Å². The maximum absolute atomic E-state index is 5.54. The second-order valence-corrected chi connectivity index (χ2v) is 4.71. The molecule has 0 spiro atoms. The highest BCUT2D eigenvalue weighted by Gasteiger charge is 2.04. The van der Waals surface area contributed by atoms with Crippen molar-refractivity contribution >= 4 is 0 Å². The quantitative estimate of drug-likeness (QED) is 0.787. The lowest BCUT2D eigenvalue weighted by Gasteiger charge is -2.14. The predicted molar refractivity (Wildman–Crippen MR) is 78.6 cm³/mol. The van der Waals surface area contributed by atoms with Gasteiger partial charge in [-0.3, -0.25) is 4.84 Å². The summed E-state index contributed by atoms with van der Waals surface area (Å²) in [6.07, 6.45) is 1.08. The Morgan fingerprint density at radius 2 is 1.63 bits per heavy atom. The molecule has 2 nitrogen and oxygen atoms in total. The molecule has 1 atom stereocenters. The Kier molecular flexibility index (Phi) is 5.13. The summed E-state index contributed by atoms with van der Waals surface area (Å²) >= 11 is 0. The van der Waals surface area contributed by atoms with Gasteiger partial charge in [0.1, 0.15) is 0 Å². The number of nitrogens with one attached hydrogen (secondary N) is 1. The fourth-order valence-corrected chi connectivity index (χ4v) is 1.93. The van der Waals surface area contributed by atoms with Crippen molar-refractivity contribution in [3.8, 4) is 0 Å². The summed E-state index contributed by atoms with van der Waals surface area (Å²) in [5, 5.41) is 0. The Labute approximate surface area is 115 Å². The van der Waals surface area contributed by atoms with E-state index in [1.54, 1.807) is 0 Å². The minimum absolute atomic E-state index is 0.189. The van der Waals surface area contributed by atoms with Crippen molar-refractivity contribution in [2.75, 3.05) is 0 Å². The van der Waals surface area contributed by atoms with Crippen molar-refractivity contribution in [1.29, 1.82) is 0 Å². The molecule has 100 valence electrons. The van der Waals surface area contributed by atoms with Crippen molar-refractivity contribution in [2.24, 2.45) is 0 Å². The van der Waals surface area contributed by atoms with Gasteiger partial charge in [0, 0.05) is 0 Å². The summed E-state index contributed by atoms with van der Waals surface area (Å²) in [5.74, 6) is 0. The Hall–Kier alpha value is -1.64. The lowest BCUT2D eigenvalue weighted by Crippen LogP contribution is -2.18. The van der Waals surface area contributed by atoms with E-state index in [9.17, 15) is 0 Å². The molecule has 2 heteroatoms. The third-order valence-corrected chi connectivity index (χ3v) is 3.23. The molecule has 0 heterocycles. The fraction of sp³-hybridized carbons (Fsp3) is 0.294. The average molecular weight is 255 g/mol. The highest BCUT2D eigenvalue weighted by atomic mass is 16.6. The summed E-state index contributed by atoms with van der Waals surface area (Å²) in [6.45, 7) is 4.85. The lowest BCUT2D eigenvalue weighted by molar-refractivity contribution is 0.00698. The summed E-state index contributed by atoms with van der Waals surface area (Å²) in [6, 6.07) is 19.0. The first kappa shape index (κ1) is 13.8. The van der Waals surface area contributed by atoms with Crippen LogP contribution in [0.15, 0.2) is 54.6 Å². The standard InChI is InChI=1S/C17H21NO/c1-3-15-9-11-17(12-10-15)14(2)18-19-13-16-7-5-4-6-8-16/h4-12,14,18H,3,13H2,1-2H3. The molecule has 0 aliphatic heterocycles. The zero-order valence-corrected chi connectivity index (χ0v) is 11.6. The van der Waals surface area contributed by atoms with Crippen molar-refractivity contribution in [2.45, 2.75) is 32.9 Å². The van der Waals surface area contributed by atoms with Gasteiger partial charge in [-0.25, -0.2) is 0 Å². The minimum atomic E-state index is 0.189. The van der Waals surface area contributed by atoms with Crippen molar-refractivity contribution in [3.63, 3.8) is 0 Å². The molecule has 0 aliphatic rings. The molecule has 19 heavy (non-hydrogen) atoms. The maximum Gasteiger partial charge on any atom is 0.0933 e. The number of hydroxylamine groups is 1. The van der Waals surface area contributed by atoms with Crippen molar-refractivity contribution in [3.05, 3.63) is 71.3 Å². The molecular formula is C17H21NO. The van der Waals surface area contributed by atoms with Crippen LogP contribution >= 0.6 is 0 Å². The van der Waals surface area contributed by atoms with Crippen LogP contribution in [0.2, 0.25) is 0 Å². The molecule has 0 saturated heterocycles. The first-order valence-corrected chi connectivity index (χ1v) is 6.79. The largest absolute Gasteiger partial charge is 0.296 e. The van der Waals surface area contributed by atoms with E-state index in [-0.39, 0.29) is 6.04 Å². The van der Waals surface area contributed by atoms with E-state index in [1.165, 1.54) is 16.7 Å². The molecule has 0 aliphatic carbocycles. The average Bonchev–Trinajstić information content (AvgIpc) is 2.48. The zero-order valence-electron chi connectivity index (χ0n) is 11.6. The van der Waals surface area contributed by atoms with Crippen LogP contribution in [0.4, 0.5) is 0 Å². The van der Waals surface area contributed by atoms with E-state index >= 15 is 0 Å². The van der Waals surface area contributed by atoms with Gasteiger partial charge in [-0.2, -0.15) is 5.48 Å². The number of hydrogen-bond acceptors (Lipinski definition) is 2.